The van der Waals surface area contributed by atoms with E-state index < -0.39 is 12.1 Å². The van der Waals surface area contributed by atoms with Crippen molar-refractivity contribution in [2.45, 2.75) is 64.5 Å². The molecule has 4 aliphatic rings. The first-order valence-corrected chi connectivity index (χ1v) is 11.1. The molecule has 2 saturated heterocycles. The number of likely N-dealkylation sites (tertiary alicyclic amines) is 1. The van der Waals surface area contributed by atoms with Crippen LogP contribution in [-0.4, -0.2) is 61.6 Å². The van der Waals surface area contributed by atoms with Crippen molar-refractivity contribution in [3.05, 3.63) is 0 Å². The molecule has 0 unspecified atom stereocenters. The summed E-state index contributed by atoms with van der Waals surface area (Å²) in [5.74, 6) is 0.787. The van der Waals surface area contributed by atoms with Crippen LogP contribution in [0, 0.1) is 29.1 Å². The van der Waals surface area contributed by atoms with E-state index in [1.54, 1.807) is 4.90 Å². The average Bonchev–Trinajstić information content (AvgIpc) is 3.54. The molecule has 2 saturated carbocycles. The average molecular weight is 407 g/mol. The zero-order valence-corrected chi connectivity index (χ0v) is 17.8. The molecule has 4 fully saturated rings. The van der Waals surface area contributed by atoms with Gasteiger partial charge in [-0.1, -0.05) is 26.7 Å². The Morgan fingerprint density at radius 3 is 2.45 bits per heavy atom. The molecular formula is C22H34N2O5. The highest BCUT2D eigenvalue weighted by molar-refractivity contribution is 5.92. The van der Waals surface area contributed by atoms with E-state index in [1.165, 1.54) is 7.11 Å². The summed E-state index contributed by atoms with van der Waals surface area (Å²) in [4.78, 5) is 40.3. The second kappa shape index (κ2) is 7.89. The van der Waals surface area contributed by atoms with Crippen LogP contribution >= 0.6 is 0 Å². The van der Waals surface area contributed by atoms with Gasteiger partial charge in [0.05, 0.1) is 7.11 Å². The lowest BCUT2D eigenvalue weighted by Gasteiger charge is -2.32. The first-order valence-electron chi connectivity index (χ1n) is 11.1. The maximum atomic E-state index is 13.4. The second-order valence-electron chi connectivity index (χ2n) is 9.97. The smallest absolute Gasteiger partial charge is 0.328 e. The number of ether oxygens (including phenoxy) is 2. The molecule has 0 aromatic carbocycles. The molecule has 0 spiro atoms. The van der Waals surface area contributed by atoms with Crippen LogP contribution in [0.3, 0.4) is 0 Å². The zero-order valence-electron chi connectivity index (χ0n) is 17.8. The first kappa shape index (κ1) is 20.6. The largest absolute Gasteiger partial charge is 0.467 e. The number of methoxy groups -OCH3 is 1. The zero-order chi connectivity index (χ0) is 20.8. The molecule has 2 aliphatic heterocycles. The van der Waals surface area contributed by atoms with Crippen LogP contribution in [-0.2, 0) is 23.9 Å². The van der Waals surface area contributed by atoms with Crippen LogP contribution < -0.4 is 5.32 Å². The van der Waals surface area contributed by atoms with Gasteiger partial charge >= 0.3 is 5.97 Å². The fourth-order valence-electron chi connectivity index (χ4n) is 5.48. The molecular weight excluding hydrogens is 372 g/mol. The van der Waals surface area contributed by atoms with Gasteiger partial charge in [-0.15, -0.1) is 0 Å². The molecule has 2 heterocycles. The van der Waals surface area contributed by atoms with Crippen LogP contribution in [0.5, 0.6) is 0 Å². The predicted octanol–water partition coefficient (Wildman–Crippen LogP) is 1.74. The topological polar surface area (TPSA) is 84.9 Å². The Labute approximate surface area is 172 Å². The van der Waals surface area contributed by atoms with Crippen LogP contribution in [0.2, 0.25) is 0 Å². The van der Waals surface area contributed by atoms with Crippen molar-refractivity contribution in [2.24, 2.45) is 29.1 Å². The fraction of sp³-hybridized carbons (Fsp3) is 0.864. The third-order valence-corrected chi connectivity index (χ3v) is 7.65. The Hall–Kier alpha value is -1.63. The molecule has 162 valence electrons. The highest BCUT2D eigenvalue weighted by Crippen LogP contribution is 2.65. The van der Waals surface area contributed by atoms with E-state index in [-0.39, 0.29) is 29.1 Å². The third-order valence-electron chi connectivity index (χ3n) is 7.65. The molecule has 0 aromatic heterocycles. The number of piperidine rings is 1. The molecule has 4 atom stereocenters. The summed E-state index contributed by atoms with van der Waals surface area (Å²) in [7, 11) is 1.38. The Balaban J connectivity index is 1.42. The summed E-state index contributed by atoms with van der Waals surface area (Å²) >= 11 is 0. The Morgan fingerprint density at radius 1 is 1.14 bits per heavy atom. The van der Waals surface area contributed by atoms with Gasteiger partial charge in [0.25, 0.3) is 0 Å². The normalized spacial score (nSPS) is 31.7. The number of carbonyl (C=O) groups excluding carboxylic acids is 3. The van der Waals surface area contributed by atoms with E-state index in [9.17, 15) is 14.4 Å². The Bertz CT molecular complexity index is 668. The molecule has 2 aliphatic carbocycles. The highest BCUT2D eigenvalue weighted by Gasteiger charge is 2.70. The molecule has 29 heavy (non-hydrogen) atoms. The number of carbonyl (C=O) groups is 3. The monoisotopic (exact) mass is 406 g/mol. The van der Waals surface area contributed by atoms with E-state index >= 15 is 0 Å². The van der Waals surface area contributed by atoms with Crippen molar-refractivity contribution >= 4 is 17.8 Å². The van der Waals surface area contributed by atoms with Crippen molar-refractivity contribution in [3.63, 3.8) is 0 Å². The predicted molar refractivity (Wildman–Crippen MR) is 106 cm³/mol. The first-order chi connectivity index (χ1) is 13.8. The molecule has 7 nitrogen and oxygen atoms in total. The number of esters is 1. The SMILES string of the molecule is COC(=O)[C@@H]1[C@H]2[C@H](CN1C(=O)[C@H](CC1CC1)NC(=O)CC1CCOCC1)C2(C)C. The van der Waals surface area contributed by atoms with E-state index in [2.05, 4.69) is 19.2 Å². The minimum absolute atomic E-state index is 0.0600. The van der Waals surface area contributed by atoms with Crippen molar-refractivity contribution in [2.75, 3.05) is 26.9 Å². The molecule has 7 heteroatoms. The van der Waals surface area contributed by atoms with Crippen molar-refractivity contribution < 1.29 is 23.9 Å². The Kier molecular flexibility index (Phi) is 5.62. The Morgan fingerprint density at radius 2 is 1.83 bits per heavy atom. The fourth-order valence-corrected chi connectivity index (χ4v) is 5.48. The molecule has 1 N–H and O–H groups in total. The van der Waals surface area contributed by atoms with E-state index in [1.807, 2.05) is 0 Å². The van der Waals surface area contributed by atoms with Crippen LogP contribution in [0.25, 0.3) is 0 Å². The minimum Gasteiger partial charge on any atom is -0.467 e. The van der Waals surface area contributed by atoms with Gasteiger partial charge in [0.2, 0.25) is 11.8 Å². The summed E-state index contributed by atoms with van der Waals surface area (Å²) in [6.45, 7) is 6.28. The summed E-state index contributed by atoms with van der Waals surface area (Å²) in [6, 6.07) is -1.07. The number of amides is 2. The van der Waals surface area contributed by atoms with Crippen molar-refractivity contribution in [1.29, 1.82) is 0 Å². The van der Waals surface area contributed by atoms with E-state index in [0.29, 0.717) is 50.4 Å². The maximum absolute atomic E-state index is 13.4. The molecule has 0 bridgehead atoms. The molecule has 0 aromatic rings. The molecule has 4 rings (SSSR count). The van der Waals surface area contributed by atoms with Crippen molar-refractivity contribution in [3.8, 4) is 0 Å². The van der Waals surface area contributed by atoms with Gasteiger partial charge in [0, 0.05) is 32.1 Å². The van der Waals surface area contributed by atoms with Gasteiger partial charge < -0.3 is 19.7 Å². The third kappa shape index (κ3) is 4.16. The number of rotatable bonds is 7. The van der Waals surface area contributed by atoms with Gasteiger partial charge in [-0.2, -0.15) is 0 Å². The van der Waals surface area contributed by atoms with Gasteiger partial charge in [-0.25, -0.2) is 4.79 Å². The van der Waals surface area contributed by atoms with Gasteiger partial charge in [0.15, 0.2) is 0 Å². The summed E-state index contributed by atoms with van der Waals surface area (Å²) in [6.07, 6.45) is 5.11. The number of fused-ring (bicyclic) bond motifs is 1. The highest BCUT2D eigenvalue weighted by atomic mass is 16.5. The minimum atomic E-state index is -0.539. The summed E-state index contributed by atoms with van der Waals surface area (Å²) < 4.78 is 10.4. The van der Waals surface area contributed by atoms with Crippen LogP contribution in [0.4, 0.5) is 0 Å². The number of hydrogen-bond acceptors (Lipinski definition) is 5. The number of hydrogen-bond donors (Lipinski definition) is 1. The van der Waals surface area contributed by atoms with Crippen LogP contribution in [0.15, 0.2) is 0 Å². The lowest BCUT2D eigenvalue weighted by Crippen LogP contribution is -2.54. The van der Waals surface area contributed by atoms with E-state index in [0.717, 1.165) is 25.7 Å². The molecule has 0 radical (unpaired) electrons. The second-order valence-corrected chi connectivity index (χ2v) is 9.97. The molecule has 2 amide bonds. The maximum Gasteiger partial charge on any atom is 0.328 e. The van der Waals surface area contributed by atoms with Gasteiger partial charge in [0.1, 0.15) is 12.1 Å². The van der Waals surface area contributed by atoms with Gasteiger partial charge in [-0.05, 0) is 42.4 Å². The van der Waals surface area contributed by atoms with Gasteiger partial charge in [-0.3, -0.25) is 9.59 Å². The number of nitrogens with one attached hydrogen (secondary N) is 1. The van der Waals surface area contributed by atoms with E-state index in [4.69, 9.17) is 9.47 Å². The number of nitrogens with zero attached hydrogens (tertiary/aromatic N) is 1. The van der Waals surface area contributed by atoms with Crippen LogP contribution in [0.1, 0.15) is 52.4 Å². The summed E-state index contributed by atoms with van der Waals surface area (Å²) in [5, 5.41) is 3.02. The quantitative estimate of drug-likeness (QED) is 0.651. The van der Waals surface area contributed by atoms with Crippen molar-refractivity contribution in [1.82, 2.24) is 10.2 Å². The lowest BCUT2D eigenvalue weighted by molar-refractivity contribution is -0.154. The summed E-state index contributed by atoms with van der Waals surface area (Å²) in [5.41, 5.74) is 0.0634. The lowest BCUT2D eigenvalue weighted by atomic mass is 9.95. The standard InChI is InChI=1S/C22H34N2O5/c1-22(2)15-12-24(19(18(15)22)21(27)28-3)20(26)16(10-13-4-5-13)23-17(25)11-14-6-8-29-9-7-14/h13-16,18-19H,4-12H2,1-3H3,(H,23,25)/t15-,16-,18+,19-/m0/s1.